The van der Waals surface area contributed by atoms with Crippen LogP contribution in [-0.4, -0.2) is 39.5 Å². The molecule has 8 heteroatoms. The van der Waals surface area contributed by atoms with E-state index in [9.17, 15) is 14.7 Å². The van der Waals surface area contributed by atoms with Gasteiger partial charge in [-0.3, -0.25) is 4.79 Å². The molecule has 2 heterocycles. The first kappa shape index (κ1) is 16.8. The number of aliphatic carboxylic acids is 1. The van der Waals surface area contributed by atoms with Gasteiger partial charge in [-0.25, -0.2) is 9.78 Å². The Hall–Kier alpha value is -2.05. The highest BCUT2D eigenvalue weighted by molar-refractivity contribution is 6.42. The third kappa shape index (κ3) is 2.99. The first-order valence-corrected chi connectivity index (χ1v) is 8.10. The standard InChI is InChI=1S/C16H14Cl2N2O4/c1-8-13(15(21)20-6-2-3-12(20)16(22)23)19-14(24-8)9-4-5-10(17)11(18)7-9/h4-5,7,12H,2-3,6H2,1H3,(H,22,23)/t12-/m1/s1. The van der Waals surface area contributed by atoms with E-state index in [1.807, 2.05) is 0 Å². The molecular weight excluding hydrogens is 355 g/mol. The fourth-order valence-corrected chi connectivity index (χ4v) is 3.05. The van der Waals surface area contributed by atoms with Crippen LogP contribution in [0.4, 0.5) is 0 Å². The zero-order valence-corrected chi connectivity index (χ0v) is 14.3. The molecule has 1 aliphatic heterocycles. The highest BCUT2D eigenvalue weighted by Crippen LogP contribution is 2.30. The summed E-state index contributed by atoms with van der Waals surface area (Å²) in [5.74, 6) is -0.878. The van der Waals surface area contributed by atoms with Crippen LogP contribution in [0.5, 0.6) is 0 Å². The van der Waals surface area contributed by atoms with Crippen LogP contribution in [0.25, 0.3) is 11.5 Å². The van der Waals surface area contributed by atoms with E-state index >= 15 is 0 Å². The number of aromatic nitrogens is 1. The molecule has 0 bridgehead atoms. The Bertz CT molecular complexity index is 818. The second-order valence-corrected chi connectivity index (χ2v) is 6.36. The summed E-state index contributed by atoms with van der Waals surface area (Å²) < 4.78 is 5.56. The molecule has 6 nitrogen and oxygen atoms in total. The Balaban J connectivity index is 1.92. The van der Waals surface area contributed by atoms with Crippen LogP contribution < -0.4 is 0 Å². The Morgan fingerprint density at radius 3 is 2.75 bits per heavy atom. The predicted octanol–water partition coefficient (Wildman–Crippen LogP) is 3.65. The van der Waals surface area contributed by atoms with Crippen LogP contribution >= 0.6 is 23.2 Å². The molecule has 0 radical (unpaired) electrons. The van der Waals surface area contributed by atoms with Gasteiger partial charge in [0.1, 0.15) is 11.8 Å². The number of carbonyl (C=O) groups is 2. The van der Waals surface area contributed by atoms with Gasteiger partial charge in [0.2, 0.25) is 5.89 Å². The first-order chi connectivity index (χ1) is 11.4. The van der Waals surface area contributed by atoms with E-state index in [1.54, 1.807) is 25.1 Å². The van der Waals surface area contributed by atoms with Crippen LogP contribution in [0.2, 0.25) is 10.0 Å². The highest BCUT2D eigenvalue weighted by atomic mass is 35.5. The number of amides is 1. The molecule has 0 unspecified atom stereocenters. The van der Waals surface area contributed by atoms with Crippen molar-refractivity contribution in [3.8, 4) is 11.5 Å². The van der Waals surface area contributed by atoms with Crippen LogP contribution in [-0.2, 0) is 4.79 Å². The lowest BCUT2D eigenvalue weighted by Gasteiger charge is -2.20. The van der Waals surface area contributed by atoms with Gasteiger partial charge in [-0.2, -0.15) is 0 Å². The Morgan fingerprint density at radius 2 is 2.08 bits per heavy atom. The number of nitrogens with zero attached hydrogens (tertiary/aromatic N) is 2. The summed E-state index contributed by atoms with van der Waals surface area (Å²) in [6.07, 6.45) is 1.09. The molecule has 0 spiro atoms. The van der Waals surface area contributed by atoms with Gasteiger partial charge in [0.05, 0.1) is 10.0 Å². The lowest BCUT2D eigenvalue weighted by atomic mass is 10.2. The Morgan fingerprint density at radius 1 is 1.33 bits per heavy atom. The molecule has 2 aromatic rings. The van der Waals surface area contributed by atoms with Crippen molar-refractivity contribution in [3.05, 3.63) is 39.7 Å². The SMILES string of the molecule is Cc1oc(-c2ccc(Cl)c(Cl)c2)nc1C(=O)N1CCC[C@@H]1C(=O)O. The Kier molecular flexibility index (Phi) is 4.51. The molecule has 1 aliphatic rings. The molecule has 1 fully saturated rings. The number of oxazole rings is 1. The van der Waals surface area contributed by atoms with E-state index in [0.717, 1.165) is 0 Å². The van der Waals surface area contributed by atoms with Crippen molar-refractivity contribution in [3.63, 3.8) is 0 Å². The minimum absolute atomic E-state index is 0.115. The lowest BCUT2D eigenvalue weighted by molar-refractivity contribution is -0.141. The van der Waals surface area contributed by atoms with Gasteiger partial charge in [0, 0.05) is 12.1 Å². The summed E-state index contributed by atoms with van der Waals surface area (Å²) in [6.45, 7) is 2.01. The molecular formula is C16H14Cl2N2O4. The maximum absolute atomic E-state index is 12.6. The molecule has 1 atom stereocenters. The third-order valence-corrected chi connectivity index (χ3v) is 4.70. The largest absolute Gasteiger partial charge is 0.480 e. The van der Waals surface area contributed by atoms with Crippen LogP contribution in [0.15, 0.2) is 22.6 Å². The second kappa shape index (κ2) is 6.45. The van der Waals surface area contributed by atoms with Gasteiger partial charge >= 0.3 is 5.97 Å². The monoisotopic (exact) mass is 368 g/mol. The van der Waals surface area contributed by atoms with Gasteiger partial charge in [0.25, 0.3) is 5.91 Å². The van der Waals surface area contributed by atoms with E-state index in [0.29, 0.717) is 40.8 Å². The molecule has 1 saturated heterocycles. The van der Waals surface area contributed by atoms with Gasteiger partial charge in [0.15, 0.2) is 5.69 Å². The van der Waals surface area contributed by atoms with Crippen LogP contribution in [0.1, 0.15) is 29.1 Å². The molecule has 0 saturated carbocycles. The summed E-state index contributed by atoms with van der Waals surface area (Å²) in [6, 6.07) is 4.08. The number of likely N-dealkylation sites (tertiary alicyclic amines) is 1. The average Bonchev–Trinajstić information content (AvgIpc) is 3.16. The third-order valence-electron chi connectivity index (χ3n) is 3.96. The van der Waals surface area contributed by atoms with Crippen LogP contribution in [0, 0.1) is 6.92 Å². The van der Waals surface area contributed by atoms with Gasteiger partial charge in [-0.1, -0.05) is 23.2 Å². The van der Waals surface area contributed by atoms with Crippen molar-refractivity contribution >= 4 is 35.1 Å². The van der Waals surface area contributed by atoms with E-state index in [1.165, 1.54) is 4.90 Å². The van der Waals surface area contributed by atoms with Gasteiger partial charge in [-0.15, -0.1) is 0 Å². The molecule has 1 aromatic heterocycles. The summed E-state index contributed by atoms with van der Waals surface area (Å²) in [4.78, 5) is 29.5. The number of hydrogen-bond acceptors (Lipinski definition) is 4. The number of benzene rings is 1. The molecule has 126 valence electrons. The number of rotatable bonds is 3. The minimum Gasteiger partial charge on any atom is -0.480 e. The molecule has 1 N–H and O–H groups in total. The fraction of sp³-hybridized carbons (Fsp3) is 0.312. The predicted molar refractivity (Wildman–Crippen MR) is 88.4 cm³/mol. The quantitative estimate of drug-likeness (QED) is 0.893. The first-order valence-electron chi connectivity index (χ1n) is 7.35. The summed E-state index contributed by atoms with van der Waals surface area (Å²) in [5.41, 5.74) is 0.701. The minimum atomic E-state index is -1.01. The summed E-state index contributed by atoms with van der Waals surface area (Å²) >= 11 is 11.9. The van der Waals surface area contributed by atoms with Gasteiger partial charge < -0.3 is 14.4 Å². The number of aryl methyl sites for hydroxylation is 1. The maximum Gasteiger partial charge on any atom is 0.326 e. The Labute approximate surface area is 148 Å². The average molecular weight is 369 g/mol. The van der Waals surface area contributed by atoms with E-state index in [4.69, 9.17) is 27.6 Å². The van der Waals surface area contributed by atoms with E-state index in [-0.39, 0.29) is 11.6 Å². The number of halogens is 2. The zero-order valence-electron chi connectivity index (χ0n) is 12.8. The van der Waals surface area contributed by atoms with E-state index in [2.05, 4.69) is 4.98 Å². The number of carboxylic acid groups (broad SMARTS) is 1. The van der Waals surface area contributed by atoms with Crippen molar-refractivity contribution in [2.45, 2.75) is 25.8 Å². The molecule has 0 aliphatic carbocycles. The second-order valence-electron chi connectivity index (χ2n) is 5.55. The summed E-state index contributed by atoms with van der Waals surface area (Å²) in [7, 11) is 0. The molecule has 24 heavy (non-hydrogen) atoms. The fourth-order valence-electron chi connectivity index (χ4n) is 2.75. The normalized spacial score (nSPS) is 17.3. The number of carbonyl (C=O) groups excluding carboxylic acids is 1. The molecule has 1 aromatic carbocycles. The van der Waals surface area contributed by atoms with Crippen molar-refractivity contribution in [1.82, 2.24) is 9.88 Å². The van der Waals surface area contributed by atoms with Crippen molar-refractivity contribution in [2.75, 3.05) is 6.54 Å². The topological polar surface area (TPSA) is 83.6 Å². The number of carboxylic acids is 1. The number of hydrogen-bond donors (Lipinski definition) is 1. The molecule has 1 amide bonds. The molecule has 3 rings (SSSR count). The van der Waals surface area contributed by atoms with Crippen molar-refractivity contribution < 1.29 is 19.1 Å². The summed E-state index contributed by atoms with van der Waals surface area (Å²) in [5, 5.41) is 9.98. The van der Waals surface area contributed by atoms with E-state index < -0.39 is 17.9 Å². The van der Waals surface area contributed by atoms with Crippen molar-refractivity contribution in [2.24, 2.45) is 0 Å². The van der Waals surface area contributed by atoms with Gasteiger partial charge in [-0.05, 0) is 38.0 Å². The zero-order chi connectivity index (χ0) is 17.4. The highest BCUT2D eigenvalue weighted by Gasteiger charge is 2.36. The van der Waals surface area contributed by atoms with Crippen molar-refractivity contribution in [1.29, 1.82) is 0 Å². The maximum atomic E-state index is 12.6. The smallest absolute Gasteiger partial charge is 0.326 e. The van der Waals surface area contributed by atoms with Crippen LogP contribution in [0.3, 0.4) is 0 Å². The lowest BCUT2D eigenvalue weighted by Crippen LogP contribution is -2.40.